The van der Waals surface area contributed by atoms with Crippen LogP contribution in [0.2, 0.25) is 0 Å². The van der Waals surface area contributed by atoms with E-state index in [9.17, 15) is 0 Å². The van der Waals surface area contributed by atoms with E-state index in [4.69, 9.17) is 0 Å². The molecule has 0 bridgehead atoms. The normalized spacial score (nSPS) is 15.5. The second-order valence-corrected chi connectivity index (χ2v) is 19.4. The molecule has 0 saturated carbocycles. The van der Waals surface area contributed by atoms with Crippen LogP contribution in [0.4, 0.5) is 17.1 Å². The molecule has 308 valence electrons. The average molecular weight is 838 g/mol. The number of rotatable bonds is 3. The lowest BCUT2D eigenvalue weighted by Gasteiger charge is -2.34. The maximum atomic E-state index is 2.68. The summed E-state index contributed by atoms with van der Waals surface area (Å²) in [7, 11) is 0. The predicted octanol–water partition coefficient (Wildman–Crippen LogP) is 16.1. The third-order valence-corrected chi connectivity index (χ3v) is 16.3. The van der Waals surface area contributed by atoms with E-state index in [-0.39, 0.29) is 5.41 Å². The van der Waals surface area contributed by atoms with Gasteiger partial charge in [-0.3, -0.25) is 0 Å². The molecule has 0 N–H and O–H groups in total. The molecule has 5 aliphatic carbocycles. The van der Waals surface area contributed by atoms with Crippen molar-refractivity contribution in [2.75, 3.05) is 4.90 Å². The van der Waals surface area contributed by atoms with Crippen LogP contribution in [-0.4, -0.2) is 0 Å². The fraction of sp³-hybridized carbons (Fsp3) is 0.0769. The molecule has 2 spiro atoms. The lowest BCUT2D eigenvalue weighted by molar-refractivity contribution is 0.660. The van der Waals surface area contributed by atoms with Gasteiger partial charge < -0.3 is 4.90 Å². The van der Waals surface area contributed by atoms with E-state index >= 15 is 0 Å². The molecule has 0 radical (unpaired) electrons. The number of benzene rings is 10. The summed E-state index contributed by atoms with van der Waals surface area (Å²) in [6.45, 7) is 4.80. The number of nitrogens with zero attached hydrogens (tertiary/aromatic N) is 1. The summed E-state index contributed by atoms with van der Waals surface area (Å²) in [6.07, 6.45) is 0. The Hall–Kier alpha value is -8.00. The van der Waals surface area contributed by atoms with Crippen molar-refractivity contribution in [2.45, 2.75) is 30.1 Å². The Morgan fingerprint density at radius 1 is 0.227 bits per heavy atom. The Morgan fingerprint density at radius 3 is 0.833 bits per heavy atom. The van der Waals surface area contributed by atoms with Gasteiger partial charge in [-0.1, -0.05) is 220 Å². The van der Waals surface area contributed by atoms with Crippen molar-refractivity contribution in [2.24, 2.45) is 0 Å². The molecule has 0 heterocycles. The second-order valence-electron chi connectivity index (χ2n) is 19.4. The molecule has 0 amide bonds. The Bertz CT molecular complexity index is 3480. The van der Waals surface area contributed by atoms with Crippen molar-refractivity contribution < 1.29 is 0 Å². The van der Waals surface area contributed by atoms with Crippen molar-refractivity contribution >= 4 is 17.1 Å². The molecule has 1 heteroatoms. The van der Waals surface area contributed by atoms with Crippen LogP contribution in [0.15, 0.2) is 224 Å². The standard InChI is InChI=1S/C65H43N/c1-63(2)47-27-10-7-24-44(47)60-54(63)34-17-37-57(60)66(58-38-18-35-55-61(58)45-25-8-15-32-52(45)64(55)48-28-11-3-20-40(48)41-21-4-12-29-49(41)64)59-39-19-36-56-62(59)46-26-9-16-33-53(46)65(56)50-30-13-5-22-42(50)43-23-6-14-31-51(43)65/h3-39H,1-2H3. The number of hydrogen-bond donors (Lipinski definition) is 0. The van der Waals surface area contributed by atoms with Crippen LogP contribution >= 0.6 is 0 Å². The highest BCUT2D eigenvalue weighted by Crippen LogP contribution is 2.68. The number of hydrogen-bond acceptors (Lipinski definition) is 1. The zero-order valence-electron chi connectivity index (χ0n) is 36.8. The summed E-state index contributed by atoms with van der Waals surface area (Å²) in [5, 5.41) is 0. The summed E-state index contributed by atoms with van der Waals surface area (Å²) in [5.74, 6) is 0. The molecule has 66 heavy (non-hydrogen) atoms. The van der Waals surface area contributed by atoms with E-state index in [1.54, 1.807) is 0 Å². The van der Waals surface area contributed by atoms with Crippen molar-refractivity contribution in [1.82, 2.24) is 0 Å². The summed E-state index contributed by atoms with van der Waals surface area (Å²) in [6, 6.07) is 85.6. The first-order valence-corrected chi connectivity index (χ1v) is 23.4. The van der Waals surface area contributed by atoms with Gasteiger partial charge in [0.2, 0.25) is 0 Å². The second kappa shape index (κ2) is 12.6. The smallest absolute Gasteiger partial charge is 0.0726 e. The molecule has 0 atom stereocenters. The van der Waals surface area contributed by atoms with Crippen molar-refractivity contribution in [1.29, 1.82) is 0 Å². The topological polar surface area (TPSA) is 3.24 Å². The van der Waals surface area contributed by atoms with E-state index in [1.165, 1.54) is 128 Å². The molecule has 10 aromatic carbocycles. The molecule has 0 unspecified atom stereocenters. The zero-order valence-corrected chi connectivity index (χ0v) is 36.8. The molecule has 15 rings (SSSR count). The van der Waals surface area contributed by atoms with Gasteiger partial charge in [0.15, 0.2) is 0 Å². The van der Waals surface area contributed by atoms with Gasteiger partial charge in [0.1, 0.15) is 0 Å². The Labute approximate surface area is 386 Å². The van der Waals surface area contributed by atoms with Crippen LogP contribution in [0.25, 0.3) is 55.6 Å². The highest BCUT2D eigenvalue weighted by molar-refractivity contribution is 6.07. The number of anilines is 3. The van der Waals surface area contributed by atoms with Gasteiger partial charge in [-0.2, -0.15) is 0 Å². The first-order chi connectivity index (χ1) is 32.6. The van der Waals surface area contributed by atoms with Crippen LogP contribution in [0.3, 0.4) is 0 Å². The van der Waals surface area contributed by atoms with Gasteiger partial charge in [0, 0.05) is 22.1 Å². The highest BCUT2D eigenvalue weighted by Gasteiger charge is 2.55. The van der Waals surface area contributed by atoms with Crippen LogP contribution in [0.5, 0.6) is 0 Å². The van der Waals surface area contributed by atoms with E-state index in [0.717, 1.165) is 0 Å². The fourth-order valence-corrected chi connectivity index (χ4v) is 13.9. The van der Waals surface area contributed by atoms with Gasteiger partial charge in [0.05, 0.1) is 27.9 Å². The van der Waals surface area contributed by atoms with Gasteiger partial charge >= 0.3 is 0 Å². The largest absolute Gasteiger partial charge is 0.309 e. The number of fused-ring (bicyclic) bond motifs is 23. The lowest BCUT2D eigenvalue weighted by atomic mass is 9.70. The SMILES string of the molecule is CC1(C)c2ccccc2-c2c(N(c3cccc4c3-c3ccccc3C43c4ccccc4-c4ccccc43)c3cccc4c3-c3ccccc3C43c4ccccc4-c4ccccc43)cccc21. The van der Waals surface area contributed by atoms with E-state index in [1.807, 2.05) is 0 Å². The molecular formula is C65H43N. The third-order valence-electron chi connectivity index (χ3n) is 16.3. The molecule has 0 aliphatic heterocycles. The minimum Gasteiger partial charge on any atom is -0.309 e. The lowest BCUT2D eigenvalue weighted by Crippen LogP contribution is -2.26. The van der Waals surface area contributed by atoms with Crippen molar-refractivity contribution in [3.05, 3.63) is 280 Å². The fourth-order valence-electron chi connectivity index (χ4n) is 13.9. The van der Waals surface area contributed by atoms with Gasteiger partial charge in [-0.25, -0.2) is 0 Å². The maximum Gasteiger partial charge on any atom is 0.0726 e. The highest BCUT2D eigenvalue weighted by atomic mass is 15.2. The van der Waals surface area contributed by atoms with Gasteiger partial charge in [-0.15, -0.1) is 0 Å². The molecule has 0 fully saturated rings. The molecule has 0 aromatic heterocycles. The van der Waals surface area contributed by atoms with E-state index in [2.05, 4.69) is 243 Å². The van der Waals surface area contributed by atoms with Crippen LogP contribution in [-0.2, 0) is 16.2 Å². The van der Waals surface area contributed by atoms with E-state index < -0.39 is 10.8 Å². The molecule has 0 saturated heterocycles. The van der Waals surface area contributed by atoms with E-state index in [0.29, 0.717) is 0 Å². The molecule has 10 aromatic rings. The van der Waals surface area contributed by atoms with Gasteiger partial charge in [-0.05, 0) is 113 Å². The third kappa shape index (κ3) is 4.11. The summed E-state index contributed by atoms with van der Waals surface area (Å²) in [4.78, 5) is 2.68. The van der Waals surface area contributed by atoms with Gasteiger partial charge in [0.25, 0.3) is 0 Å². The summed E-state index contributed by atoms with van der Waals surface area (Å²) >= 11 is 0. The Morgan fingerprint density at radius 2 is 0.470 bits per heavy atom. The Kier molecular flexibility index (Phi) is 6.95. The van der Waals surface area contributed by atoms with Crippen LogP contribution in [0, 0.1) is 0 Å². The summed E-state index contributed by atoms with van der Waals surface area (Å²) in [5.41, 5.74) is 29.0. The molecular weight excluding hydrogens is 795 g/mol. The van der Waals surface area contributed by atoms with Crippen molar-refractivity contribution in [3.8, 4) is 55.6 Å². The van der Waals surface area contributed by atoms with Crippen LogP contribution < -0.4 is 4.90 Å². The Balaban J connectivity index is 1.10. The quantitative estimate of drug-likeness (QED) is 0.171. The first kappa shape index (κ1) is 36.4. The maximum absolute atomic E-state index is 2.68. The van der Waals surface area contributed by atoms with Crippen LogP contribution in [0.1, 0.15) is 69.5 Å². The minimum absolute atomic E-state index is 0.174. The molecule has 1 nitrogen and oxygen atoms in total. The summed E-state index contributed by atoms with van der Waals surface area (Å²) < 4.78 is 0. The van der Waals surface area contributed by atoms with Crippen molar-refractivity contribution in [3.63, 3.8) is 0 Å². The average Bonchev–Trinajstić information content (AvgIpc) is 4.11. The molecule has 5 aliphatic rings. The predicted molar refractivity (Wildman–Crippen MR) is 271 cm³/mol. The minimum atomic E-state index is -0.472. The zero-order chi connectivity index (χ0) is 43.5. The first-order valence-electron chi connectivity index (χ1n) is 23.4. The monoisotopic (exact) mass is 837 g/mol.